The number of nitrogens with zero attached hydrogens (tertiary/aromatic N) is 1. The summed E-state index contributed by atoms with van der Waals surface area (Å²) in [6.45, 7) is 0. The Bertz CT molecular complexity index is 976. The van der Waals surface area contributed by atoms with Crippen LogP contribution in [0.1, 0.15) is 11.1 Å². The highest BCUT2D eigenvalue weighted by atomic mass is 35.5. The van der Waals surface area contributed by atoms with Gasteiger partial charge >= 0.3 is 0 Å². The normalized spacial score (nSPS) is 14.9. The van der Waals surface area contributed by atoms with Crippen LogP contribution in [0.4, 0.5) is 11.4 Å². The molecule has 0 spiro atoms. The van der Waals surface area contributed by atoms with Gasteiger partial charge in [0.1, 0.15) is 0 Å². The van der Waals surface area contributed by atoms with Gasteiger partial charge in [-0.05, 0) is 29.8 Å². The second-order valence-electron chi connectivity index (χ2n) is 5.70. The van der Waals surface area contributed by atoms with Gasteiger partial charge in [-0.25, -0.2) is 0 Å². The summed E-state index contributed by atoms with van der Waals surface area (Å²) in [6, 6.07) is 22.7. The molecule has 0 saturated carbocycles. The molecule has 4 heteroatoms. The second-order valence-corrected chi connectivity index (χ2v) is 6.51. The lowest BCUT2D eigenvalue weighted by molar-refractivity contribution is -0.112. The summed E-state index contributed by atoms with van der Waals surface area (Å²) >= 11 is 12.7. The van der Waals surface area contributed by atoms with E-state index in [1.807, 2.05) is 60.7 Å². The first-order valence-corrected chi connectivity index (χ1v) is 8.57. The van der Waals surface area contributed by atoms with Gasteiger partial charge in [0.2, 0.25) is 0 Å². The first kappa shape index (κ1) is 15.9. The summed E-state index contributed by atoms with van der Waals surface area (Å²) in [7, 11) is 0. The molecule has 0 saturated heterocycles. The number of hydrogen-bond donors (Lipinski definition) is 0. The fourth-order valence-electron chi connectivity index (χ4n) is 3.02. The van der Waals surface area contributed by atoms with Crippen LogP contribution in [0.2, 0.25) is 10.0 Å². The lowest BCUT2D eigenvalue weighted by Crippen LogP contribution is -2.21. The van der Waals surface area contributed by atoms with Crippen LogP contribution in [0.25, 0.3) is 11.6 Å². The maximum Gasteiger partial charge on any atom is 0.263 e. The van der Waals surface area contributed by atoms with Crippen molar-refractivity contribution < 1.29 is 4.79 Å². The van der Waals surface area contributed by atoms with Gasteiger partial charge in [0.05, 0.1) is 27.0 Å². The molecule has 0 atom stereocenters. The summed E-state index contributed by atoms with van der Waals surface area (Å²) in [5.41, 5.74) is 3.75. The maximum absolute atomic E-state index is 13.2. The van der Waals surface area contributed by atoms with Crippen LogP contribution >= 0.6 is 23.2 Å². The van der Waals surface area contributed by atoms with E-state index in [0.717, 1.165) is 16.8 Å². The predicted octanol–water partition coefficient (Wildman–Crippen LogP) is 6.21. The van der Waals surface area contributed by atoms with Crippen molar-refractivity contribution in [2.75, 3.05) is 4.90 Å². The van der Waals surface area contributed by atoms with Gasteiger partial charge in [0.25, 0.3) is 5.91 Å². The average Bonchev–Trinajstić information content (AvgIpc) is 2.89. The van der Waals surface area contributed by atoms with E-state index < -0.39 is 0 Å². The minimum atomic E-state index is -0.139. The number of rotatable bonds is 2. The van der Waals surface area contributed by atoms with Crippen molar-refractivity contribution in [1.29, 1.82) is 0 Å². The van der Waals surface area contributed by atoms with Crippen LogP contribution in [0.15, 0.2) is 72.8 Å². The van der Waals surface area contributed by atoms with E-state index in [-0.39, 0.29) is 5.91 Å². The first-order chi connectivity index (χ1) is 12.2. The quantitative estimate of drug-likeness (QED) is 0.494. The Balaban J connectivity index is 1.92. The van der Waals surface area contributed by atoms with Crippen molar-refractivity contribution >= 4 is 52.1 Å². The molecule has 2 nitrogen and oxygen atoms in total. The fraction of sp³-hybridized carbons (Fsp3) is 0. The van der Waals surface area contributed by atoms with Crippen molar-refractivity contribution in [3.8, 4) is 0 Å². The maximum atomic E-state index is 13.2. The van der Waals surface area contributed by atoms with Gasteiger partial charge in [-0.3, -0.25) is 9.69 Å². The monoisotopic (exact) mass is 365 g/mol. The standard InChI is InChI=1S/C21H13Cl2NO/c22-17-10-6-11-18(23)20(17)24-19-12-5-4-9-15(19)16(21(24)25)13-14-7-2-1-3-8-14/h1-13H/b16-13+. The number of hydrogen-bond acceptors (Lipinski definition) is 1. The molecule has 1 heterocycles. The highest BCUT2D eigenvalue weighted by molar-refractivity contribution is 6.44. The Labute approximate surface area is 155 Å². The van der Waals surface area contributed by atoms with Crippen molar-refractivity contribution in [2.45, 2.75) is 0 Å². The van der Waals surface area contributed by atoms with Crippen molar-refractivity contribution in [3.05, 3.63) is 94.0 Å². The molecular weight excluding hydrogens is 353 g/mol. The highest BCUT2D eigenvalue weighted by Crippen LogP contribution is 2.46. The fourth-order valence-corrected chi connectivity index (χ4v) is 3.59. The summed E-state index contributed by atoms with van der Waals surface area (Å²) in [5.74, 6) is -0.139. The molecule has 0 radical (unpaired) electrons. The van der Waals surface area contributed by atoms with Gasteiger partial charge in [-0.2, -0.15) is 0 Å². The Morgan fingerprint density at radius 3 is 2.12 bits per heavy atom. The Hall–Kier alpha value is -2.55. The molecule has 25 heavy (non-hydrogen) atoms. The van der Waals surface area contributed by atoms with Crippen LogP contribution in [0.3, 0.4) is 0 Å². The van der Waals surface area contributed by atoms with E-state index in [2.05, 4.69) is 0 Å². The van der Waals surface area contributed by atoms with Crippen molar-refractivity contribution in [2.24, 2.45) is 0 Å². The second kappa shape index (κ2) is 6.40. The summed E-state index contributed by atoms with van der Waals surface area (Å²) in [5, 5.41) is 0.883. The zero-order valence-electron chi connectivity index (χ0n) is 13.1. The van der Waals surface area contributed by atoms with E-state index in [1.165, 1.54) is 0 Å². The van der Waals surface area contributed by atoms with Crippen LogP contribution in [-0.2, 0) is 4.79 Å². The number of carbonyl (C=O) groups excluding carboxylic acids is 1. The number of benzene rings is 3. The van der Waals surface area contributed by atoms with E-state index in [9.17, 15) is 4.79 Å². The van der Waals surface area contributed by atoms with Crippen molar-refractivity contribution in [3.63, 3.8) is 0 Å². The van der Waals surface area contributed by atoms with Crippen LogP contribution in [-0.4, -0.2) is 5.91 Å². The number of para-hydroxylation sites is 2. The summed E-state index contributed by atoms with van der Waals surface area (Å²) < 4.78 is 0. The number of fused-ring (bicyclic) bond motifs is 1. The topological polar surface area (TPSA) is 20.3 Å². The van der Waals surface area contributed by atoms with E-state index in [1.54, 1.807) is 23.1 Å². The zero-order valence-corrected chi connectivity index (χ0v) is 14.6. The minimum absolute atomic E-state index is 0.139. The molecule has 4 rings (SSSR count). The molecule has 3 aromatic rings. The highest BCUT2D eigenvalue weighted by Gasteiger charge is 2.35. The van der Waals surface area contributed by atoms with Gasteiger partial charge in [-0.1, -0.05) is 77.8 Å². The molecule has 0 unspecified atom stereocenters. The summed E-state index contributed by atoms with van der Waals surface area (Å²) in [4.78, 5) is 14.8. The van der Waals surface area contributed by atoms with Crippen molar-refractivity contribution in [1.82, 2.24) is 0 Å². The Kier molecular flexibility index (Phi) is 4.08. The number of amides is 1. The molecule has 1 aliphatic heterocycles. The minimum Gasteiger partial charge on any atom is -0.273 e. The van der Waals surface area contributed by atoms with Gasteiger partial charge < -0.3 is 0 Å². The number of anilines is 2. The van der Waals surface area contributed by atoms with Gasteiger partial charge in [0.15, 0.2) is 0 Å². The van der Waals surface area contributed by atoms with Crippen LogP contribution < -0.4 is 4.90 Å². The zero-order chi connectivity index (χ0) is 17.4. The smallest absolute Gasteiger partial charge is 0.263 e. The van der Waals surface area contributed by atoms with E-state index in [0.29, 0.717) is 21.3 Å². The lowest BCUT2D eigenvalue weighted by atomic mass is 10.0. The molecule has 3 aromatic carbocycles. The first-order valence-electron chi connectivity index (χ1n) is 7.81. The van der Waals surface area contributed by atoms with Crippen LogP contribution in [0.5, 0.6) is 0 Å². The third-order valence-corrected chi connectivity index (χ3v) is 4.75. The molecule has 1 aliphatic rings. The number of halogens is 2. The molecule has 0 fully saturated rings. The molecule has 0 aliphatic carbocycles. The Morgan fingerprint density at radius 1 is 0.760 bits per heavy atom. The van der Waals surface area contributed by atoms with Gasteiger partial charge in [-0.15, -0.1) is 0 Å². The lowest BCUT2D eigenvalue weighted by Gasteiger charge is -2.20. The third kappa shape index (κ3) is 2.74. The molecular formula is C21H13Cl2NO. The number of carbonyl (C=O) groups is 1. The third-order valence-electron chi connectivity index (χ3n) is 4.14. The molecule has 0 aromatic heterocycles. The Morgan fingerprint density at radius 2 is 1.40 bits per heavy atom. The van der Waals surface area contributed by atoms with E-state index >= 15 is 0 Å². The molecule has 0 bridgehead atoms. The molecule has 1 amide bonds. The molecule has 0 N–H and O–H groups in total. The largest absolute Gasteiger partial charge is 0.273 e. The predicted molar refractivity (Wildman–Crippen MR) is 104 cm³/mol. The summed E-state index contributed by atoms with van der Waals surface area (Å²) in [6.07, 6.45) is 1.89. The van der Waals surface area contributed by atoms with E-state index in [4.69, 9.17) is 23.2 Å². The van der Waals surface area contributed by atoms with Crippen LogP contribution in [0, 0.1) is 0 Å². The average molecular weight is 366 g/mol. The molecule has 122 valence electrons. The van der Waals surface area contributed by atoms with Gasteiger partial charge in [0, 0.05) is 5.56 Å². The SMILES string of the molecule is O=C1/C(=C/c2ccccc2)c2ccccc2N1c1c(Cl)cccc1Cl.